The van der Waals surface area contributed by atoms with E-state index in [1.165, 1.54) is 12.1 Å². The number of halogens is 4. The van der Waals surface area contributed by atoms with Gasteiger partial charge in [-0.3, -0.25) is 4.79 Å². The summed E-state index contributed by atoms with van der Waals surface area (Å²) in [4.78, 5) is 11.5. The summed E-state index contributed by atoms with van der Waals surface area (Å²) >= 11 is 3.13. The average molecular weight is 324 g/mol. The number of hydrogen-bond donors (Lipinski definition) is 1. The molecule has 1 fully saturated rings. The summed E-state index contributed by atoms with van der Waals surface area (Å²) in [6.07, 6.45) is -3.24. The second-order valence-corrected chi connectivity index (χ2v) is 4.87. The van der Waals surface area contributed by atoms with Crippen LogP contribution in [-0.4, -0.2) is 12.3 Å². The third-order valence-corrected chi connectivity index (χ3v) is 2.87. The average Bonchev–Trinajstić information content (AvgIpc) is 3.03. The van der Waals surface area contributed by atoms with Gasteiger partial charge in [0.25, 0.3) is 0 Å². The zero-order valence-corrected chi connectivity index (χ0v) is 10.6. The Morgan fingerprint density at radius 2 is 2.06 bits per heavy atom. The van der Waals surface area contributed by atoms with Gasteiger partial charge in [-0.05, 0) is 31.0 Å². The minimum atomic E-state index is -4.78. The first-order valence-electron chi connectivity index (χ1n) is 5.21. The van der Waals surface area contributed by atoms with Gasteiger partial charge in [-0.2, -0.15) is 0 Å². The molecule has 0 unspecified atom stereocenters. The van der Waals surface area contributed by atoms with Gasteiger partial charge < -0.3 is 10.1 Å². The highest BCUT2D eigenvalue weighted by atomic mass is 79.9. The van der Waals surface area contributed by atoms with Crippen LogP contribution in [0, 0.1) is 5.92 Å². The van der Waals surface area contributed by atoms with E-state index in [0.717, 1.165) is 18.9 Å². The zero-order chi connectivity index (χ0) is 13.3. The monoisotopic (exact) mass is 323 g/mol. The van der Waals surface area contributed by atoms with Crippen molar-refractivity contribution in [1.82, 2.24) is 0 Å². The fourth-order valence-corrected chi connectivity index (χ4v) is 1.75. The quantitative estimate of drug-likeness (QED) is 0.921. The van der Waals surface area contributed by atoms with Crippen molar-refractivity contribution in [2.24, 2.45) is 5.92 Å². The second kappa shape index (κ2) is 4.79. The highest BCUT2D eigenvalue weighted by molar-refractivity contribution is 9.10. The summed E-state index contributed by atoms with van der Waals surface area (Å²) in [6, 6.07) is 3.94. The van der Waals surface area contributed by atoms with Gasteiger partial charge in [0.15, 0.2) is 5.75 Å². The Balaban J connectivity index is 2.19. The van der Waals surface area contributed by atoms with E-state index in [9.17, 15) is 18.0 Å². The number of ether oxygens (including phenoxy) is 1. The van der Waals surface area contributed by atoms with Crippen LogP contribution < -0.4 is 10.1 Å². The SMILES string of the molecule is O=C(Nc1cc(Br)ccc1OC(F)(F)F)C1CC1. The van der Waals surface area contributed by atoms with Crippen molar-refractivity contribution < 1.29 is 22.7 Å². The Labute approximate surface area is 109 Å². The first kappa shape index (κ1) is 13.2. The lowest BCUT2D eigenvalue weighted by molar-refractivity contribution is -0.274. The molecule has 1 aromatic rings. The summed E-state index contributed by atoms with van der Waals surface area (Å²) in [6.45, 7) is 0. The molecular formula is C11H9BrF3NO2. The molecular weight excluding hydrogens is 315 g/mol. The van der Waals surface area contributed by atoms with Crippen LogP contribution in [0.3, 0.4) is 0 Å². The van der Waals surface area contributed by atoms with Crippen molar-refractivity contribution in [3.8, 4) is 5.75 Å². The number of alkyl halides is 3. The largest absolute Gasteiger partial charge is 0.573 e. The molecule has 1 aromatic carbocycles. The molecule has 2 rings (SSSR count). The Morgan fingerprint density at radius 1 is 1.39 bits per heavy atom. The van der Waals surface area contributed by atoms with Crippen LogP contribution in [0.1, 0.15) is 12.8 Å². The van der Waals surface area contributed by atoms with Gasteiger partial charge in [0, 0.05) is 10.4 Å². The Morgan fingerprint density at radius 3 is 2.61 bits per heavy atom. The molecule has 1 N–H and O–H groups in total. The van der Waals surface area contributed by atoms with Crippen LogP contribution >= 0.6 is 15.9 Å². The number of benzene rings is 1. The Kier molecular flexibility index (Phi) is 3.52. The predicted octanol–water partition coefficient (Wildman–Crippen LogP) is 3.70. The molecule has 1 amide bonds. The summed E-state index contributed by atoms with van der Waals surface area (Å²) in [5, 5.41) is 2.44. The summed E-state index contributed by atoms with van der Waals surface area (Å²) in [5.41, 5.74) is 0.0126. The van der Waals surface area contributed by atoms with Gasteiger partial charge in [0.1, 0.15) is 0 Å². The van der Waals surface area contributed by atoms with E-state index >= 15 is 0 Å². The van der Waals surface area contributed by atoms with E-state index in [1.54, 1.807) is 0 Å². The van der Waals surface area contributed by atoms with Gasteiger partial charge in [-0.1, -0.05) is 15.9 Å². The van der Waals surface area contributed by atoms with Crippen LogP contribution in [0.25, 0.3) is 0 Å². The van der Waals surface area contributed by atoms with E-state index in [4.69, 9.17) is 0 Å². The third-order valence-electron chi connectivity index (χ3n) is 2.37. The Hall–Kier alpha value is -1.24. The van der Waals surface area contributed by atoms with Crippen molar-refractivity contribution in [3.63, 3.8) is 0 Å². The molecule has 0 radical (unpaired) electrons. The number of nitrogens with one attached hydrogen (secondary N) is 1. The summed E-state index contributed by atoms with van der Waals surface area (Å²) < 4.78 is 41.0. The van der Waals surface area contributed by atoms with Crippen LogP contribution in [0.15, 0.2) is 22.7 Å². The summed E-state index contributed by atoms with van der Waals surface area (Å²) in [7, 11) is 0. The van der Waals surface area contributed by atoms with E-state index in [-0.39, 0.29) is 17.5 Å². The second-order valence-electron chi connectivity index (χ2n) is 3.95. The fourth-order valence-electron chi connectivity index (χ4n) is 1.39. The van der Waals surface area contributed by atoms with Gasteiger partial charge >= 0.3 is 6.36 Å². The van der Waals surface area contributed by atoms with Gasteiger partial charge in [0.2, 0.25) is 5.91 Å². The van der Waals surface area contributed by atoms with Crippen LogP contribution in [0.2, 0.25) is 0 Å². The maximum Gasteiger partial charge on any atom is 0.573 e. The van der Waals surface area contributed by atoms with Gasteiger partial charge in [0.05, 0.1) is 5.69 Å². The maximum absolute atomic E-state index is 12.2. The molecule has 18 heavy (non-hydrogen) atoms. The molecule has 1 aliphatic rings. The highest BCUT2D eigenvalue weighted by Gasteiger charge is 2.34. The molecule has 98 valence electrons. The summed E-state index contributed by atoms with van der Waals surface area (Å²) in [5.74, 6) is -0.789. The van der Waals surface area contributed by atoms with Crippen LogP contribution in [0.4, 0.5) is 18.9 Å². The third kappa shape index (κ3) is 3.63. The molecule has 0 aliphatic heterocycles. The number of hydrogen-bond acceptors (Lipinski definition) is 2. The number of carbonyl (C=O) groups excluding carboxylic acids is 1. The normalized spacial score (nSPS) is 15.3. The number of amides is 1. The van der Waals surface area contributed by atoms with Crippen LogP contribution in [-0.2, 0) is 4.79 Å². The topological polar surface area (TPSA) is 38.3 Å². The predicted molar refractivity (Wildman–Crippen MR) is 62.2 cm³/mol. The number of anilines is 1. The first-order valence-corrected chi connectivity index (χ1v) is 6.00. The van der Waals surface area contributed by atoms with Crippen molar-refractivity contribution in [1.29, 1.82) is 0 Å². The lowest BCUT2D eigenvalue weighted by Gasteiger charge is -2.14. The highest BCUT2D eigenvalue weighted by Crippen LogP contribution is 2.35. The number of rotatable bonds is 3. The molecule has 7 heteroatoms. The van der Waals surface area contributed by atoms with Crippen molar-refractivity contribution in [2.45, 2.75) is 19.2 Å². The molecule has 0 saturated heterocycles. The molecule has 1 saturated carbocycles. The number of carbonyl (C=O) groups is 1. The molecule has 0 atom stereocenters. The molecule has 0 heterocycles. The van der Waals surface area contributed by atoms with Gasteiger partial charge in [-0.25, -0.2) is 0 Å². The molecule has 0 spiro atoms. The van der Waals surface area contributed by atoms with E-state index in [2.05, 4.69) is 26.0 Å². The van der Waals surface area contributed by atoms with Crippen molar-refractivity contribution in [3.05, 3.63) is 22.7 Å². The lowest BCUT2D eigenvalue weighted by Crippen LogP contribution is -2.20. The maximum atomic E-state index is 12.2. The molecule has 0 bridgehead atoms. The van der Waals surface area contributed by atoms with Crippen LogP contribution in [0.5, 0.6) is 5.75 Å². The van der Waals surface area contributed by atoms with Crippen molar-refractivity contribution >= 4 is 27.5 Å². The standard InChI is InChI=1S/C11H9BrF3NO2/c12-7-3-4-9(18-11(13,14)15)8(5-7)16-10(17)6-1-2-6/h3-6H,1-2H2,(H,16,17). The lowest BCUT2D eigenvalue weighted by atomic mass is 10.2. The Bertz CT molecular complexity index is 472. The minimum absolute atomic E-state index is 0.0126. The molecule has 0 aromatic heterocycles. The first-order chi connectivity index (χ1) is 8.35. The molecule has 1 aliphatic carbocycles. The zero-order valence-electron chi connectivity index (χ0n) is 9.05. The van der Waals surface area contributed by atoms with E-state index in [0.29, 0.717) is 4.47 Å². The molecule has 3 nitrogen and oxygen atoms in total. The van der Waals surface area contributed by atoms with E-state index in [1.807, 2.05) is 0 Å². The minimum Gasteiger partial charge on any atom is -0.404 e. The smallest absolute Gasteiger partial charge is 0.404 e. The van der Waals surface area contributed by atoms with Crippen molar-refractivity contribution in [2.75, 3.05) is 5.32 Å². The van der Waals surface area contributed by atoms with E-state index < -0.39 is 12.1 Å². The van der Waals surface area contributed by atoms with Gasteiger partial charge in [-0.15, -0.1) is 13.2 Å². The fraction of sp³-hybridized carbons (Fsp3) is 0.364.